The molecule has 0 unspecified atom stereocenters. The molecule has 1 aromatic carbocycles. The van der Waals surface area contributed by atoms with Crippen LogP contribution in [0.3, 0.4) is 0 Å². The number of carbonyl (C=O) groups is 2. The molecule has 0 spiro atoms. The molecule has 2 aliphatic rings. The fourth-order valence-electron chi connectivity index (χ4n) is 4.76. The van der Waals surface area contributed by atoms with Crippen LogP contribution in [-0.2, 0) is 29.0 Å². The van der Waals surface area contributed by atoms with Crippen molar-refractivity contribution in [3.05, 3.63) is 42.6 Å². The molecule has 15 heteroatoms. The lowest BCUT2D eigenvalue weighted by Crippen LogP contribution is -2.65. The van der Waals surface area contributed by atoms with Crippen LogP contribution in [0.1, 0.15) is 19.8 Å². The first kappa shape index (κ1) is 29.4. The average molecular weight is 586 g/mol. The van der Waals surface area contributed by atoms with E-state index in [0.29, 0.717) is 12.8 Å². The van der Waals surface area contributed by atoms with Crippen LogP contribution in [0.2, 0.25) is 0 Å². The summed E-state index contributed by atoms with van der Waals surface area (Å²) in [6, 6.07) is 5.43. The lowest BCUT2D eigenvalue weighted by atomic mass is 10.1. The standard InChI is InChI=1S/C25H29F2N3O9S/c1-3-36-23(31)22-20-10-4-16(30(20)25(32)37-13-12-35-2)15-29(22)40(33,34)19-9-11-21(28-14-19)38-17-5-7-18(8-6-17)39-24(26)27/h5-9,11,14,16,20,22,24H,3-4,10,12-13,15H2,1-2H3/t16-,20+,22+/m1/s1. The van der Waals surface area contributed by atoms with Crippen LogP contribution in [0.5, 0.6) is 17.4 Å². The molecule has 40 heavy (non-hydrogen) atoms. The second-order valence-corrected chi connectivity index (χ2v) is 10.8. The normalized spacial score (nSPS) is 20.8. The molecule has 0 aliphatic carbocycles. The Morgan fingerprint density at radius 2 is 1.77 bits per heavy atom. The third-order valence-corrected chi connectivity index (χ3v) is 8.28. The number of fused-ring (bicyclic) bond motifs is 2. The SMILES string of the molecule is CCOC(=O)[C@@H]1[C@@H]2CC[C@H](CN1S(=O)(=O)c1ccc(Oc3ccc(OC(F)F)cc3)nc1)N2C(=O)OCCOC. The number of benzene rings is 1. The van der Waals surface area contributed by atoms with Gasteiger partial charge in [0.05, 0.1) is 25.5 Å². The number of piperazine rings is 1. The minimum absolute atomic E-state index is 0.0189. The van der Waals surface area contributed by atoms with Crippen molar-refractivity contribution in [2.75, 3.05) is 33.5 Å². The van der Waals surface area contributed by atoms with E-state index < -0.39 is 46.8 Å². The van der Waals surface area contributed by atoms with Crippen LogP contribution in [0.4, 0.5) is 13.6 Å². The topological polar surface area (TPSA) is 134 Å². The largest absolute Gasteiger partial charge is 0.465 e. The summed E-state index contributed by atoms with van der Waals surface area (Å²) >= 11 is 0. The summed E-state index contributed by atoms with van der Waals surface area (Å²) in [5, 5.41) is 0. The van der Waals surface area contributed by atoms with E-state index in [9.17, 15) is 26.8 Å². The van der Waals surface area contributed by atoms with Gasteiger partial charge in [-0.15, -0.1) is 0 Å². The first-order valence-electron chi connectivity index (χ1n) is 12.5. The molecule has 0 radical (unpaired) electrons. The van der Waals surface area contributed by atoms with Crippen molar-refractivity contribution in [1.82, 2.24) is 14.2 Å². The van der Waals surface area contributed by atoms with Gasteiger partial charge in [-0.25, -0.2) is 18.2 Å². The number of carbonyl (C=O) groups excluding carboxylic acids is 2. The number of halogens is 2. The van der Waals surface area contributed by atoms with Crippen molar-refractivity contribution in [2.45, 2.75) is 49.4 Å². The molecule has 1 amide bonds. The van der Waals surface area contributed by atoms with E-state index in [1.807, 2.05) is 0 Å². The van der Waals surface area contributed by atoms with Crippen molar-refractivity contribution in [3.63, 3.8) is 0 Å². The maximum absolute atomic E-state index is 13.7. The number of aromatic nitrogens is 1. The Bertz CT molecular complexity index is 1280. The van der Waals surface area contributed by atoms with Gasteiger partial charge in [-0.1, -0.05) is 0 Å². The minimum Gasteiger partial charge on any atom is -0.465 e. The molecule has 3 atom stereocenters. The molecule has 0 saturated carbocycles. The predicted molar refractivity (Wildman–Crippen MR) is 134 cm³/mol. The maximum Gasteiger partial charge on any atom is 0.410 e. The zero-order valence-corrected chi connectivity index (χ0v) is 22.6. The molecule has 12 nitrogen and oxygen atoms in total. The third kappa shape index (κ3) is 6.42. The van der Waals surface area contributed by atoms with Gasteiger partial charge in [0.2, 0.25) is 15.9 Å². The van der Waals surface area contributed by atoms with Gasteiger partial charge in [0.25, 0.3) is 0 Å². The van der Waals surface area contributed by atoms with E-state index in [-0.39, 0.29) is 48.6 Å². The molecule has 2 saturated heterocycles. The monoisotopic (exact) mass is 585 g/mol. The number of hydrogen-bond donors (Lipinski definition) is 0. The summed E-state index contributed by atoms with van der Waals surface area (Å²) in [5.41, 5.74) is 0. The summed E-state index contributed by atoms with van der Waals surface area (Å²) in [4.78, 5) is 31.1. The first-order chi connectivity index (χ1) is 19.1. The number of hydrogen-bond acceptors (Lipinski definition) is 10. The van der Waals surface area contributed by atoms with Gasteiger partial charge in [-0.05, 0) is 50.1 Å². The van der Waals surface area contributed by atoms with E-state index in [1.54, 1.807) is 6.92 Å². The van der Waals surface area contributed by atoms with Crippen LogP contribution < -0.4 is 9.47 Å². The molecule has 218 valence electrons. The molecule has 3 heterocycles. The van der Waals surface area contributed by atoms with Gasteiger partial charge in [-0.2, -0.15) is 13.1 Å². The number of amides is 1. The van der Waals surface area contributed by atoms with Gasteiger partial charge >= 0.3 is 18.7 Å². The number of methoxy groups -OCH3 is 1. The van der Waals surface area contributed by atoms with Gasteiger partial charge in [0.1, 0.15) is 29.0 Å². The van der Waals surface area contributed by atoms with Crippen LogP contribution in [0, 0.1) is 0 Å². The van der Waals surface area contributed by atoms with Crippen molar-refractivity contribution in [3.8, 4) is 17.4 Å². The van der Waals surface area contributed by atoms with Gasteiger partial charge < -0.3 is 23.7 Å². The number of ether oxygens (including phenoxy) is 5. The highest BCUT2D eigenvalue weighted by molar-refractivity contribution is 7.89. The van der Waals surface area contributed by atoms with E-state index in [1.165, 1.54) is 48.4 Å². The Morgan fingerprint density at radius 1 is 1.05 bits per heavy atom. The van der Waals surface area contributed by atoms with Crippen LogP contribution in [0.15, 0.2) is 47.5 Å². The fraction of sp³-hybridized carbons (Fsp3) is 0.480. The highest BCUT2D eigenvalue weighted by Gasteiger charge is 2.55. The highest BCUT2D eigenvalue weighted by atomic mass is 32.2. The number of alkyl halides is 2. The predicted octanol–water partition coefficient (Wildman–Crippen LogP) is 3.03. The highest BCUT2D eigenvalue weighted by Crippen LogP contribution is 2.38. The molecule has 2 aliphatic heterocycles. The zero-order valence-electron chi connectivity index (χ0n) is 21.8. The van der Waals surface area contributed by atoms with Gasteiger partial charge in [0, 0.05) is 25.8 Å². The maximum atomic E-state index is 13.7. The quantitative estimate of drug-likeness (QED) is 0.286. The van der Waals surface area contributed by atoms with Gasteiger partial charge in [-0.3, -0.25) is 9.69 Å². The van der Waals surface area contributed by atoms with E-state index in [0.717, 1.165) is 10.5 Å². The zero-order chi connectivity index (χ0) is 28.9. The minimum atomic E-state index is -4.25. The number of rotatable bonds is 11. The molecule has 2 bridgehead atoms. The smallest absolute Gasteiger partial charge is 0.410 e. The van der Waals surface area contributed by atoms with Crippen LogP contribution in [-0.4, -0.2) is 92.9 Å². The fourth-order valence-corrected chi connectivity index (χ4v) is 6.35. The molecule has 1 aromatic heterocycles. The third-order valence-electron chi connectivity index (χ3n) is 6.45. The summed E-state index contributed by atoms with van der Waals surface area (Å²) in [5.74, 6) is -0.507. The molecular weight excluding hydrogens is 556 g/mol. The summed E-state index contributed by atoms with van der Waals surface area (Å²) in [6.07, 6.45) is 1.33. The molecule has 2 fully saturated rings. The Balaban J connectivity index is 1.53. The van der Waals surface area contributed by atoms with Crippen molar-refractivity contribution in [2.24, 2.45) is 0 Å². The lowest BCUT2D eigenvalue weighted by Gasteiger charge is -2.43. The Hall–Kier alpha value is -3.56. The number of pyridine rings is 1. The number of sulfonamides is 1. The summed E-state index contributed by atoms with van der Waals surface area (Å²) in [6.45, 7) is -1.24. The Kier molecular flexibility index (Phi) is 9.37. The summed E-state index contributed by atoms with van der Waals surface area (Å²) in [7, 11) is -2.78. The van der Waals surface area contributed by atoms with E-state index in [2.05, 4.69) is 9.72 Å². The average Bonchev–Trinajstić information content (AvgIpc) is 3.22. The number of esters is 1. The van der Waals surface area contributed by atoms with E-state index in [4.69, 9.17) is 18.9 Å². The van der Waals surface area contributed by atoms with Crippen molar-refractivity contribution < 1.29 is 50.5 Å². The van der Waals surface area contributed by atoms with Crippen LogP contribution in [0.25, 0.3) is 0 Å². The van der Waals surface area contributed by atoms with Crippen LogP contribution >= 0.6 is 0 Å². The number of nitrogens with zero attached hydrogens (tertiary/aromatic N) is 3. The summed E-state index contributed by atoms with van der Waals surface area (Å²) < 4.78 is 78.4. The second-order valence-electron chi connectivity index (χ2n) is 8.87. The van der Waals surface area contributed by atoms with Gasteiger partial charge in [0.15, 0.2) is 0 Å². The lowest BCUT2D eigenvalue weighted by molar-refractivity contribution is -0.151. The molecule has 4 rings (SSSR count). The van der Waals surface area contributed by atoms with Crippen molar-refractivity contribution in [1.29, 1.82) is 0 Å². The second kappa shape index (κ2) is 12.7. The molecule has 2 aromatic rings. The molecular formula is C25H29F2N3O9S. The van der Waals surface area contributed by atoms with Crippen molar-refractivity contribution >= 4 is 22.1 Å². The Labute approximate surface area is 229 Å². The Morgan fingerprint density at radius 3 is 2.40 bits per heavy atom. The molecule has 0 N–H and O–H groups in total. The first-order valence-corrected chi connectivity index (χ1v) is 13.9. The van der Waals surface area contributed by atoms with E-state index >= 15 is 0 Å².